The van der Waals surface area contributed by atoms with Gasteiger partial charge in [0.05, 0.1) is 23.2 Å². The summed E-state index contributed by atoms with van der Waals surface area (Å²) in [5.74, 6) is 0.682. The zero-order chi connectivity index (χ0) is 25.1. The number of ether oxygens (including phenoxy) is 1. The molecule has 1 atom stereocenters. The van der Waals surface area contributed by atoms with Crippen LogP contribution in [0.4, 0.5) is 0 Å². The number of hydrogen-bond acceptors (Lipinski definition) is 5. The van der Waals surface area contributed by atoms with Gasteiger partial charge in [-0.25, -0.2) is 4.68 Å². The van der Waals surface area contributed by atoms with Gasteiger partial charge in [-0.2, -0.15) is 5.10 Å². The number of para-hydroxylation sites is 1. The van der Waals surface area contributed by atoms with Gasteiger partial charge in [-0.05, 0) is 49.8 Å². The van der Waals surface area contributed by atoms with E-state index in [-0.39, 0.29) is 11.9 Å². The smallest absolute Gasteiger partial charge is 0.266 e. The molecule has 1 saturated heterocycles. The highest BCUT2D eigenvalue weighted by Crippen LogP contribution is 2.39. The second-order valence-corrected chi connectivity index (χ2v) is 9.99. The van der Waals surface area contributed by atoms with E-state index in [0.717, 1.165) is 33.8 Å². The zero-order valence-electron chi connectivity index (χ0n) is 20.0. The highest BCUT2D eigenvalue weighted by atomic mass is 32.2. The van der Waals surface area contributed by atoms with Crippen LogP contribution in [0.3, 0.4) is 0 Å². The van der Waals surface area contributed by atoms with Gasteiger partial charge >= 0.3 is 0 Å². The van der Waals surface area contributed by atoms with Gasteiger partial charge in [-0.15, -0.1) is 0 Å². The molecular weight excluding hydrogens is 486 g/mol. The lowest BCUT2D eigenvalue weighted by Gasteiger charge is -2.23. The van der Waals surface area contributed by atoms with Gasteiger partial charge in [0.2, 0.25) is 0 Å². The molecule has 1 aromatic heterocycles. The van der Waals surface area contributed by atoms with Crippen LogP contribution in [0.25, 0.3) is 23.0 Å². The van der Waals surface area contributed by atoms with E-state index in [0.29, 0.717) is 15.8 Å². The van der Waals surface area contributed by atoms with Crippen LogP contribution < -0.4 is 4.74 Å². The molecule has 3 aromatic carbocycles. The van der Waals surface area contributed by atoms with Crippen LogP contribution in [-0.4, -0.2) is 31.5 Å². The molecule has 4 aromatic rings. The second-order valence-electron chi connectivity index (χ2n) is 8.31. The van der Waals surface area contributed by atoms with E-state index in [4.69, 9.17) is 22.1 Å². The van der Waals surface area contributed by atoms with Gasteiger partial charge in [0.15, 0.2) is 0 Å². The largest absolute Gasteiger partial charge is 0.494 e. The Bertz CT molecular complexity index is 1430. The zero-order valence-corrected chi connectivity index (χ0v) is 21.6. The second kappa shape index (κ2) is 10.5. The van der Waals surface area contributed by atoms with Gasteiger partial charge in [0.25, 0.3) is 5.91 Å². The average Bonchev–Trinajstić information content (AvgIpc) is 3.45. The van der Waals surface area contributed by atoms with Crippen LogP contribution in [0.15, 0.2) is 96.0 Å². The minimum absolute atomic E-state index is 0.0946. The minimum atomic E-state index is -0.154. The summed E-state index contributed by atoms with van der Waals surface area (Å²) in [6, 6.07) is 27.6. The third kappa shape index (κ3) is 4.85. The number of amides is 1. The molecule has 1 aliphatic heterocycles. The Labute approximate surface area is 220 Å². The number of rotatable bonds is 7. The molecule has 2 heterocycles. The fraction of sp³-hybridized carbons (Fsp3) is 0.138. The van der Waals surface area contributed by atoms with E-state index in [1.54, 1.807) is 4.90 Å². The van der Waals surface area contributed by atoms with Crippen molar-refractivity contribution in [2.24, 2.45) is 0 Å². The third-order valence-electron chi connectivity index (χ3n) is 5.96. The molecule has 5 rings (SSSR count). The molecule has 0 N–H and O–H groups in total. The van der Waals surface area contributed by atoms with E-state index >= 15 is 0 Å². The Morgan fingerprint density at radius 3 is 2.47 bits per heavy atom. The molecular formula is C29H25N3O2S2. The number of carbonyl (C=O) groups is 1. The molecule has 1 unspecified atom stereocenters. The summed E-state index contributed by atoms with van der Waals surface area (Å²) < 4.78 is 8.10. The Kier molecular flexibility index (Phi) is 7.02. The number of benzene rings is 3. The maximum atomic E-state index is 13.5. The quantitative estimate of drug-likeness (QED) is 0.199. The first-order valence-corrected chi connectivity index (χ1v) is 13.0. The summed E-state index contributed by atoms with van der Waals surface area (Å²) in [5.41, 5.74) is 4.49. The summed E-state index contributed by atoms with van der Waals surface area (Å²) in [5, 5.41) is 4.89. The normalized spacial score (nSPS) is 15.5. The van der Waals surface area contributed by atoms with Crippen molar-refractivity contribution >= 4 is 40.3 Å². The van der Waals surface area contributed by atoms with Crippen LogP contribution in [0.2, 0.25) is 0 Å². The molecule has 0 radical (unpaired) electrons. The third-order valence-corrected chi connectivity index (χ3v) is 7.29. The number of aromatic nitrogens is 2. The molecule has 36 heavy (non-hydrogen) atoms. The van der Waals surface area contributed by atoms with Crippen LogP contribution >= 0.6 is 24.0 Å². The topological polar surface area (TPSA) is 47.4 Å². The molecule has 0 aliphatic carbocycles. The van der Waals surface area contributed by atoms with E-state index in [2.05, 4.69) is 0 Å². The molecule has 0 bridgehead atoms. The van der Waals surface area contributed by atoms with Crippen molar-refractivity contribution in [3.63, 3.8) is 0 Å². The fourth-order valence-corrected chi connectivity index (χ4v) is 5.58. The van der Waals surface area contributed by atoms with Crippen molar-refractivity contribution < 1.29 is 9.53 Å². The van der Waals surface area contributed by atoms with Gasteiger partial charge in [-0.3, -0.25) is 9.69 Å². The van der Waals surface area contributed by atoms with Crippen LogP contribution in [-0.2, 0) is 4.79 Å². The van der Waals surface area contributed by atoms with Gasteiger partial charge < -0.3 is 4.74 Å². The summed E-state index contributed by atoms with van der Waals surface area (Å²) in [7, 11) is 0. The summed E-state index contributed by atoms with van der Waals surface area (Å²) in [4.78, 5) is 15.8. The lowest BCUT2D eigenvalue weighted by Crippen LogP contribution is -2.30. The lowest BCUT2D eigenvalue weighted by molar-refractivity contribution is -0.123. The highest BCUT2D eigenvalue weighted by Gasteiger charge is 2.36. The van der Waals surface area contributed by atoms with E-state index in [9.17, 15) is 4.79 Å². The number of thioether (sulfide) groups is 1. The molecule has 0 saturated carbocycles. The maximum Gasteiger partial charge on any atom is 0.266 e. The van der Waals surface area contributed by atoms with E-state index in [1.807, 2.05) is 116 Å². The van der Waals surface area contributed by atoms with Crippen molar-refractivity contribution in [2.75, 3.05) is 6.61 Å². The predicted octanol–water partition coefficient (Wildman–Crippen LogP) is 6.90. The monoisotopic (exact) mass is 511 g/mol. The molecule has 1 fully saturated rings. The first kappa shape index (κ1) is 24.0. The van der Waals surface area contributed by atoms with Gasteiger partial charge in [-0.1, -0.05) is 84.6 Å². The van der Waals surface area contributed by atoms with Crippen LogP contribution in [0, 0.1) is 0 Å². The number of nitrogens with zero attached hydrogens (tertiary/aromatic N) is 3. The van der Waals surface area contributed by atoms with Gasteiger partial charge in [0, 0.05) is 17.3 Å². The van der Waals surface area contributed by atoms with Crippen LogP contribution in [0.5, 0.6) is 5.75 Å². The Morgan fingerprint density at radius 2 is 1.75 bits per heavy atom. The molecule has 0 spiro atoms. The summed E-state index contributed by atoms with van der Waals surface area (Å²) in [6.07, 6.45) is 3.84. The maximum absolute atomic E-state index is 13.5. The van der Waals surface area contributed by atoms with Crippen LogP contribution in [0.1, 0.15) is 31.0 Å². The van der Waals surface area contributed by atoms with Crippen molar-refractivity contribution in [2.45, 2.75) is 19.9 Å². The summed E-state index contributed by atoms with van der Waals surface area (Å²) >= 11 is 6.96. The standard InChI is InChI=1S/C29H25N3O2S2/c1-3-34-25-16-10-13-22(17-25)27-23(19-31(30-27)24-14-8-5-9-15-24)18-26-28(33)32(29(35)36-26)20(2)21-11-6-4-7-12-21/h4-20H,3H2,1-2H3. The predicted molar refractivity (Wildman–Crippen MR) is 150 cm³/mol. The minimum Gasteiger partial charge on any atom is -0.494 e. The van der Waals surface area contributed by atoms with E-state index < -0.39 is 0 Å². The Hall–Kier alpha value is -3.68. The van der Waals surface area contributed by atoms with E-state index in [1.165, 1.54) is 11.8 Å². The number of carbonyl (C=O) groups excluding carboxylic acids is 1. The van der Waals surface area contributed by atoms with Crippen molar-refractivity contribution in [3.8, 4) is 22.7 Å². The highest BCUT2D eigenvalue weighted by molar-refractivity contribution is 8.26. The SMILES string of the molecule is CCOc1cccc(-c2nn(-c3ccccc3)cc2C=C2SC(=S)N(C(C)c3ccccc3)C2=O)c1. The average molecular weight is 512 g/mol. The molecule has 1 aliphatic rings. The molecule has 7 heteroatoms. The number of hydrogen-bond donors (Lipinski definition) is 0. The summed E-state index contributed by atoms with van der Waals surface area (Å²) in [6.45, 7) is 4.54. The van der Waals surface area contributed by atoms with Gasteiger partial charge in [0.1, 0.15) is 15.8 Å². The number of thiocarbonyl (C=S) groups is 1. The Balaban J connectivity index is 1.55. The Morgan fingerprint density at radius 1 is 1.03 bits per heavy atom. The van der Waals surface area contributed by atoms with Crippen molar-refractivity contribution in [1.82, 2.24) is 14.7 Å². The lowest BCUT2D eigenvalue weighted by atomic mass is 10.1. The first-order valence-electron chi connectivity index (χ1n) is 11.8. The molecule has 180 valence electrons. The first-order chi connectivity index (χ1) is 17.5. The fourth-order valence-electron chi connectivity index (χ4n) is 4.17. The van der Waals surface area contributed by atoms with Crippen molar-refractivity contribution in [1.29, 1.82) is 0 Å². The van der Waals surface area contributed by atoms with Crippen molar-refractivity contribution in [3.05, 3.63) is 107 Å². The molecule has 5 nitrogen and oxygen atoms in total. The molecule has 1 amide bonds.